The lowest BCUT2D eigenvalue weighted by molar-refractivity contribution is 0.261. The number of likely N-dealkylation sites (N-methyl/N-ethyl adjacent to an activating group) is 1. The highest BCUT2D eigenvalue weighted by Crippen LogP contribution is 2.25. The summed E-state index contributed by atoms with van der Waals surface area (Å²) in [7, 11) is 4.06. The molecule has 1 aromatic heterocycles. The Labute approximate surface area is 120 Å². The Hall–Kier alpha value is -2.07. The van der Waals surface area contributed by atoms with Crippen molar-refractivity contribution in [3.8, 4) is 16.9 Å². The van der Waals surface area contributed by atoms with E-state index < -0.39 is 0 Å². The van der Waals surface area contributed by atoms with E-state index in [1.54, 1.807) is 0 Å². The molecular weight excluding hydrogens is 250 g/mol. The summed E-state index contributed by atoms with van der Waals surface area (Å²) in [6.45, 7) is 3.56. The van der Waals surface area contributed by atoms with Crippen LogP contribution in [0.4, 0.5) is 5.82 Å². The molecule has 0 amide bonds. The van der Waals surface area contributed by atoms with Crippen molar-refractivity contribution < 1.29 is 4.74 Å². The molecule has 0 saturated carbocycles. The van der Waals surface area contributed by atoms with Gasteiger partial charge in [0.05, 0.1) is 0 Å². The SMILES string of the molecule is Cc1nc(N)ccc1-c1ccc(OCCN(C)C)cc1. The van der Waals surface area contributed by atoms with E-state index in [0.717, 1.165) is 29.1 Å². The lowest BCUT2D eigenvalue weighted by Gasteiger charge is -2.11. The van der Waals surface area contributed by atoms with Crippen LogP contribution in [0.25, 0.3) is 11.1 Å². The van der Waals surface area contributed by atoms with Crippen LogP contribution in [-0.4, -0.2) is 37.1 Å². The van der Waals surface area contributed by atoms with E-state index in [2.05, 4.69) is 9.88 Å². The zero-order chi connectivity index (χ0) is 14.5. The molecule has 2 N–H and O–H groups in total. The number of nitrogens with zero attached hydrogens (tertiary/aromatic N) is 2. The van der Waals surface area contributed by atoms with Gasteiger partial charge in [-0.1, -0.05) is 12.1 Å². The molecule has 0 aliphatic rings. The topological polar surface area (TPSA) is 51.4 Å². The van der Waals surface area contributed by atoms with Gasteiger partial charge in [0.1, 0.15) is 18.2 Å². The fourth-order valence-electron chi connectivity index (χ4n) is 1.96. The minimum atomic E-state index is 0.551. The number of nitrogen functional groups attached to an aromatic ring is 1. The van der Waals surface area contributed by atoms with Crippen molar-refractivity contribution in [1.82, 2.24) is 9.88 Å². The van der Waals surface area contributed by atoms with Gasteiger partial charge < -0.3 is 15.4 Å². The number of rotatable bonds is 5. The predicted octanol–water partition coefficient (Wildman–Crippen LogP) is 2.58. The average Bonchev–Trinajstić information content (AvgIpc) is 2.39. The largest absolute Gasteiger partial charge is 0.492 e. The predicted molar refractivity (Wildman–Crippen MR) is 82.9 cm³/mol. The van der Waals surface area contributed by atoms with Gasteiger partial charge in [-0.2, -0.15) is 0 Å². The lowest BCUT2D eigenvalue weighted by atomic mass is 10.0. The number of ether oxygens (including phenoxy) is 1. The summed E-state index contributed by atoms with van der Waals surface area (Å²) >= 11 is 0. The summed E-state index contributed by atoms with van der Waals surface area (Å²) in [6.07, 6.45) is 0. The van der Waals surface area contributed by atoms with Crippen LogP contribution in [-0.2, 0) is 0 Å². The van der Waals surface area contributed by atoms with Gasteiger partial charge in [0, 0.05) is 17.8 Å². The molecule has 2 aromatic rings. The minimum Gasteiger partial charge on any atom is -0.492 e. The zero-order valence-corrected chi connectivity index (χ0v) is 12.3. The maximum Gasteiger partial charge on any atom is 0.123 e. The van der Waals surface area contributed by atoms with Crippen molar-refractivity contribution in [3.05, 3.63) is 42.1 Å². The van der Waals surface area contributed by atoms with Gasteiger partial charge in [-0.15, -0.1) is 0 Å². The Kier molecular flexibility index (Phi) is 4.58. The second-order valence-electron chi connectivity index (χ2n) is 5.05. The smallest absolute Gasteiger partial charge is 0.123 e. The Morgan fingerprint density at radius 3 is 2.40 bits per heavy atom. The second-order valence-corrected chi connectivity index (χ2v) is 5.05. The van der Waals surface area contributed by atoms with Crippen molar-refractivity contribution in [2.75, 3.05) is 33.0 Å². The first kappa shape index (κ1) is 14.3. The summed E-state index contributed by atoms with van der Waals surface area (Å²) < 4.78 is 5.68. The van der Waals surface area contributed by atoms with Crippen LogP contribution in [0.15, 0.2) is 36.4 Å². The van der Waals surface area contributed by atoms with E-state index in [1.165, 1.54) is 0 Å². The highest BCUT2D eigenvalue weighted by Gasteiger charge is 2.04. The van der Waals surface area contributed by atoms with Crippen LogP contribution in [0.1, 0.15) is 5.69 Å². The molecule has 0 unspecified atom stereocenters. The molecule has 0 spiro atoms. The van der Waals surface area contributed by atoms with Crippen LogP contribution in [0.5, 0.6) is 5.75 Å². The fourth-order valence-corrected chi connectivity index (χ4v) is 1.96. The Bertz CT molecular complexity index is 564. The lowest BCUT2D eigenvalue weighted by Crippen LogP contribution is -2.19. The summed E-state index contributed by atoms with van der Waals surface area (Å²) in [4.78, 5) is 6.38. The highest BCUT2D eigenvalue weighted by atomic mass is 16.5. The van der Waals surface area contributed by atoms with Crippen LogP contribution in [0, 0.1) is 6.92 Å². The first-order valence-corrected chi connectivity index (χ1v) is 6.67. The number of anilines is 1. The maximum absolute atomic E-state index is 5.68. The molecule has 0 saturated heterocycles. The van der Waals surface area contributed by atoms with Crippen molar-refractivity contribution >= 4 is 5.82 Å². The molecule has 0 fully saturated rings. The highest BCUT2D eigenvalue weighted by molar-refractivity contribution is 5.67. The first-order valence-electron chi connectivity index (χ1n) is 6.67. The normalized spacial score (nSPS) is 10.8. The third kappa shape index (κ3) is 3.71. The number of aromatic nitrogens is 1. The minimum absolute atomic E-state index is 0.551. The van der Waals surface area contributed by atoms with E-state index in [-0.39, 0.29) is 0 Å². The first-order chi connectivity index (χ1) is 9.56. The molecule has 0 aliphatic carbocycles. The van der Waals surface area contributed by atoms with E-state index >= 15 is 0 Å². The summed E-state index contributed by atoms with van der Waals surface area (Å²) in [5.41, 5.74) is 8.83. The molecule has 0 radical (unpaired) electrons. The van der Waals surface area contributed by atoms with Crippen molar-refractivity contribution in [2.24, 2.45) is 0 Å². The van der Waals surface area contributed by atoms with Crippen molar-refractivity contribution in [1.29, 1.82) is 0 Å². The molecule has 1 heterocycles. The second kappa shape index (κ2) is 6.39. The van der Waals surface area contributed by atoms with Crippen LogP contribution in [0.3, 0.4) is 0 Å². The molecule has 0 aliphatic heterocycles. The van der Waals surface area contributed by atoms with E-state index in [4.69, 9.17) is 10.5 Å². The number of benzene rings is 1. The van der Waals surface area contributed by atoms with Gasteiger partial charge in [-0.25, -0.2) is 4.98 Å². The molecule has 2 rings (SSSR count). The molecule has 20 heavy (non-hydrogen) atoms. The zero-order valence-electron chi connectivity index (χ0n) is 12.3. The van der Waals surface area contributed by atoms with Crippen molar-refractivity contribution in [2.45, 2.75) is 6.92 Å². The van der Waals surface area contributed by atoms with Gasteiger partial charge in [-0.05, 0) is 50.8 Å². The molecular formula is C16H21N3O. The Morgan fingerprint density at radius 1 is 1.10 bits per heavy atom. The third-order valence-corrected chi connectivity index (χ3v) is 3.08. The van der Waals surface area contributed by atoms with E-state index in [9.17, 15) is 0 Å². The molecule has 0 bridgehead atoms. The fraction of sp³-hybridized carbons (Fsp3) is 0.312. The molecule has 4 heteroatoms. The van der Waals surface area contributed by atoms with Gasteiger partial charge in [0.2, 0.25) is 0 Å². The summed E-state index contributed by atoms with van der Waals surface area (Å²) in [6, 6.07) is 11.9. The van der Waals surface area contributed by atoms with E-state index in [0.29, 0.717) is 12.4 Å². The Morgan fingerprint density at radius 2 is 1.80 bits per heavy atom. The van der Waals surface area contributed by atoms with E-state index in [1.807, 2.05) is 57.4 Å². The number of hydrogen-bond acceptors (Lipinski definition) is 4. The molecule has 4 nitrogen and oxygen atoms in total. The summed E-state index contributed by atoms with van der Waals surface area (Å²) in [5.74, 6) is 1.44. The maximum atomic E-state index is 5.68. The van der Waals surface area contributed by atoms with Gasteiger partial charge >= 0.3 is 0 Å². The third-order valence-electron chi connectivity index (χ3n) is 3.08. The van der Waals surface area contributed by atoms with Crippen LogP contribution < -0.4 is 10.5 Å². The summed E-state index contributed by atoms with van der Waals surface area (Å²) in [5, 5.41) is 0. The number of hydrogen-bond donors (Lipinski definition) is 1. The van der Waals surface area contributed by atoms with Gasteiger partial charge in [0.15, 0.2) is 0 Å². The molecule has 106 valence electrons. The average molecular weight is 271 g/mol. The van der Waals surface area contributed by atoms with Crippen molar-refractivity contribution in [3.63, 3.8) is 0 Å². The van der Waals surface area contributed by atoms with Gasteiger partial charge in [0.25, 0.3) is 0 Å². The molecule has 1 aromatic carbocycles. The standard InChI is InChI=1S/C16H21N3O/c1-12-15(8-9-16(17)18-12)13-4-6-14(7-5-13)20-11-10-19(2)3/h4-9H,10-11H2,1-3H3,(H2,17,18). The monoisotopic (exact) mass is 271 g/mol. The number of aryl methyl sites for hydroxylation is 1. The number of nitrogens with two attached hydrogens (primary N) is 1. The van der Waals surface area contributed by atoms with Crippen LogP contribution >= 0.6 is 0 Å². The Balaban J connectivity index is 2.07. The van der Waals surface area contributed by atoms with Crippen LogP contribution in [0.2, 0.25) is 0 Å². The van der Waals surface area contributed by atoms with Gasteiger partial charge in [-0.3, -0.25) is 0 Å². The quantitative estimate of drug-likeness (QED) is 0.908. The number of pyridine rings is 1. The molecule has 0 atom stereocenters.